The molecule has 29 heavy (non-hydrogen) atoms. The fraction of sp³-hybridized carbons (Fsp3) is 0.435. The summed E-state index contributed by atoms with van der Waals surface area (Å²) in [5.74, 6) is 0.817. The summed E-state index contributed by atoms with van der Waals surface area (Å²) in [5.41, 5.74) is 9.86. The summed E-state index contributed by atoms with van der Waals surface area (Å²) >= 11 is 0. The van der Waals surface area contributed by atoms with Crippen LogP contribution in [0.25, 0.3) is 0 Å². The van der Waals surface area contributed by atoms with Gasteiger partial charge in [0, 0.05) is 25.3 Å². The SMILES string of the molecule is CC(C)[C@H]1C(=O)N[C@H](CO)Cc2ccc(OCc3ccc(CN)cc3)cc2N1C. The first-order valence-corrected chi connectivity index (χ1v) is 10.1. The van der Waals surface area contributed by atoms with Crippen LogP contribution in [0.5, 0.6) is 5.75 Å². The number of aliphatic hydroxyl groups excluding tert-OH is 1. The number of carbonyl (C=O) groups is 1. The van der Waals surface area contributed by atoms with Crippen molar-refractivity contribution >= 4 is 11.6 Å². The zero-order valence-corrected chi connectivity index (χ0v) is 17.4. The van der Waals surface area contributed by atoms with Crippen LogP contribution in [0.3, 0.4) is 0 Å². The van der Waals surface area contributed by atoms with E-state index in [9.17, 15) is 9.90 Å². The zero-order chi connectivity index (χ0) is 21.0. The molecule has 3 rings (SSSR count). The van der Waals surface area contributed by atoms with Crippen LogP contribution in [-0.4, -0.2) is 36.8 Å². The summed E-state index contributed by atoms with van der Waals surface area (Å²) in [6.07, 6.45) is 0.577. The predicted molar refractivity (Wildman–Crippen MR) is 115 cm³/mol. The van der Waals surface area contributed by atoms with Gasteiger partial charge in [-0.3, -0.25) is 4.79 Å². The first-order chi connectivity index (χ1) is 13.9. The molecule has 2 atom stereocenters. The summed E-state index contributed by atoms with van der Waals surface area (Å²) in [4.78, 5) is 14.8. The largest absolute Gasteiger partial charge is 0.489 e. The van der Waals surface area contributed by atoms with Gasteiger partial charge in [0.1, 0.15) is 18.4 Å². The van der Waals surface area contributed by atoms with E-state index in [-0.39, 0.29) is 30.5 Å². The van der Waals surface area contributed by atoms with Gasteiger partial charge < -0.3 is 25.8 Å². The van der Waals surface area contributed by atoms with Gasteiger partial charge in [0.15, 0.2) is 0 Å². The average molecular weight is 398 g/mol. The predicted octanol–water partition coefficient (Wildman–Crippen LogP) is 2.22. The average Bonchev–Trinajstić information content (AvgIpc) is 2.71. The lowest BCUT2D eigenvalue weighted by Gasteiger charge is -2.37. The third-order valence-electron chi connectivity index (χ3n) is 5.45. The first-order valence-electron chi connectivity index (χ1n) is 10.1. The summed E-state index contributed by atoms with van der Waals surface area (Å²) < 4.78 is 6.02. The molecule has 0 fully saturated rings. The molecule has 2 aromatic rings. The van der Waals surface area contributed by atoms with Gasteiger partial charge in [0.05, 0.1) is 12.6 Å². The molecule has 156 valence electrons. The van der Waals surface area contributed by atoms with Gasteiger partial charge in [0.2, 0.25) is 5.91 Å². The molecule has 1 aliphatic heterocycles. The van der Waals surface area contributed by atoms with Crippen molar-refractivity contribution in [2.45, 2.75) is 45.5 Å². The van der Waals surface area contributed by atoms with Crippen LogP contribution in [0, 0.1) is 5.92 Å². The maximum atomic E-state index is 12.7. The molecular weight excluding hydrogens is 366 g/mol. The fourth-order valence-corrected chi connectivity index (χ4v) is 3.86. The van der Waals surface area contributed by atoms with Crippen molar-refractivity contribution in [3.8, 4) is 5.75 Å². The number of rotatable bonds is 6. The van der Waals surface area contributed by atoms with Crippen molar-refractivity contribution in [2.75, 3.05) is 18.6 Å². The van der Waals surface area contributed by atoms with Crippen molar-refractivity contribution in [3.05, 3.63) is 59.2 Å². The Morgan fingerprint density at radius 3 is 2.52 bits per heavy atom. The lowest BCUT2D eigenvalue weighted by atomic mass is 9.95. The van der Waals surface area contributed by atoms with E-state index in [0.29, 0.717) is 19.6 Å². The number of aliphatic hydroxyl groups is 1. The van der Waals surface area contributed by atoms with Crippen LogP contribution < -0.4 is 20.7 Å². The summed E-state index contributed by atoms with van der Waals surface area (Å²) in [6.45, 7) is 4.96. The number of amides is 1. The second-order valence-electron chi connectivity index (χ2n) is 7.99. The number of anilines is 1. The number of hydrogen-bond acceptors (Lipinski definition) is 5. The van der Waals surface area contributed by atoms with Crippen molar-refractivity contribution in [3.63, 3.8) is 0 Å². The summed E-state index contributed by atoms with van der Waals surface area (Å²) in [7, 11) is 1.94. The smallest absolute Gasteiger partial charge is 0.243 e. The van der Waals surface area contributed by atoms with Gasteiger partial charge in [-0.15, -0.1) is 0 Å². The van der Waals surface area contributed by atoms with Crippen molar-refractivity contribution in [1.29, 1.82) is 0 Å². The van der Waals surface area contributed by atoms with E-state index in [1.807, 2.05) is 68.3 Å². The number of fused-ring (bicyclic) bond motifs is 1. The van der Waals surface area contributed by atoms with Gasteiger partial charge in [0.25, 0.3) is 0 Å². The highest BCUT2D eigenvalue weighted by Gasteiger charge is 2.32. The van der Waals surface area contributed by atoms with E-state index < -0.39 is 0 Å². The number of likely N-dealkylation sites (N-methyl/N-ethyl adjacent to an activating group) is 1. The molecule has 2 aromatic carbocycles. The van der Waals surface area contributed by atoms with Crippen molar-refractivity contribution in [1.82, 2.24) is 5.32 Å². The Kier molecular flexibility index (Phi) is 6.77. The normalized spacial score (nSPS) is 19.4. The number of ether oxygens (including phenoxy) is 1. The number of nitrogens with one attached hydrogen (secondary N) is 1. The number of benzene rings is 2. The van der Waals surface area contributed by atoms with Crippen LogP contribution in [0.1, 0.15) is 30.5 Å². The van der Waals surface area contributed by atoms with Gasteiger partial charge in [-0.1, -0.05) is 44.2 Å². The minimum Gasteiger partial charge on any atom is -0.489 e. The quantitative estimate of drug-likeness (QED) is 0.696. The molecule has 6 heteroatoms. The highest BCUT2D eigenvalue weighted by molar-refractivity contribution is 5.86. The first kappa shape index (κ1) is 21.1. The van der Waals surface area contributed by atoms with Gasteiger partial charge in [-0.25, -0.2) is 0 Å². The highest BCUT2D eigenvalue weighted by atomic mass is 16.5. The molecule has 1 amide bonds. The van der Waals surface area contributed by atoms with Crippen LogP contribution in [-0.2, 0) is 24.4 Å². The molecule has 0 bridgehead atoms. The zero-order valence-electron chi connectivity index (χ0n) is 17.4. The van der Waals surface area contributed by atoms with E-state index in [2.05, 4.69) is 5.32 Å². The number of nitrogens with two attached hydrogens (primary N) is 1. The molecule has 0 aliphatic carbocycles. The second-order valence-corrected chi connectivity index (χ2v) is 7.99. The Hall–Kier alpha value is -2.57. The fourth-order valence-electron chi connectivity index (χ4n) is 3.86. The van der Waals surface area contributed by atoms with Crippen LogP contribution in [0.2, 0.25) is 0 Å². The van der Waals surface area contributed by atoms with E-state index >= 15 is 0 Å². The lowest BCUT2D eigenvalue weighted by molar-refractivity contribution is -0.124. The molecule has 0 saturated carbocycles. The van der Waals surface area contributed by atoms with E-state index in [0.717, 1.165) is 28.1 Å². The molecule has 4 N–H and O–H groups in total. The Bertz CT molecular complexity index is 836. The van der Waals surface area contributed by atoms with Crippen molar-refractivity contribution < 1.29 is 14.6 Å². The third kappa shape index (κ3) is 4.89. The molecule has 0 spiro atoms. The summed E-state index contributed by atoms with van der Waals surface area (Å²) in [5, 5.41) is 12.7. The molecule has 1 heterocycles. The van der Waals surface area contributed by atoms with Crippen LogP contribution in [0.15, 0.2) is 42.5 Å². The Labute approximate surface area is 172 Å². The van der Waals surface area contributed by atoms with E-state index in [4.69, 9.17) is 10.5 Å². The lowest BCUT2D eigenvalue weighted by Crippen LogP contribution is -2.54. The molecular formula is C23H31N3O3. The molecule has 1 aliphatic rings. The highest BCUT2D eigenvalue weighted by Crippen LogP contribution is 2.31. The number of nitrogens with zero attached hydrogens (tertiary/aromatic N) is 1. The second kappa shape index (κ2) is 9.29. The molecule has 6 nitrogen and oxygen atoms in total. The minimum atomic E-state index is -0.317. The Balaban J connectivity index is 1.85. The van der Waals surface area contributed by atoms with Gasteiger partial charge in [-0.2, -0.15) is 0 Å². The minimum absolute atomic E-state index is 0.0569. The molecule has 0 unspecified atom stereocenters. The monoisotopic (exact) mass is 397 g/mol. The van der Waals surface area contributed by atoms with Gasteiger partial charge >= 0.3 is 0 Å². The maximum Gasteiger partial charge on any atom is 0.243 e. The maximum absolute atomic E-state index is 12.7. The number of carbonyl (C=O) groups excluding carboxylic acids is 1. The summed E-state index contributed by atoms with van der Waals surface area (Å²) in [6, 6.07) is 13.4. The molecule has 0 radical (unpaired) electrons. The van der Waals surface area contributed by atoms with Crippen molar-refractivity contribution in [2.24, 2.45) is 11.7 Å². The van der Waals surface area contributed by atoms with Crippen LogP contribution in [0.4, 0.5) is 5.69 Å². The standard InChI is InChI=1S/C23H31N3O3/c1-15(2)22-23(28)25-19(13-27)10-18-8-9-20(11-21(18)26(22)3)29-14-17-6-4-16(12-24)5-7-17/h4-9,11,15,19,22,27H,10,12-14,24H2,1-3H3,(H,25,28)/t19-,22-/m0/s1. The van der Waals surface area contributed by atoms with Gasteiger partial charge in [-0.05, 0) is 35.1 Å². The van der Waals surface area contributed by atoms with E-state index in [1.165, 1.54) is 0 Å². The number of hydrogen-bond donors (Lipinski definition) is 3. The molecule has 0 saturated heterocycles. The Morgan fingerprint density at radius 2 is 1.90 bits per heavy atom. The topological polar surface area (TPSA) is 87.8 Å². The molecule has 0 aromatic heterocycles. The third-order valence-corrected chi connectivity index (χ3v) is 5.45. The van der Waals surface area contributed by atoms with Crippen LogP contribution >= 0.6 is 0 Å². The van der Waals surface area contributed by atoms with E-state index in [1.54, 1.807) is 0 Å². The Morgan fingerprint density at radius 1 is 1.21 bits per heavy atom.